The van der Waals surface area contributed by atoms with E-state index in [1.807, 2.05) is 0 Å². The standard InChI is InChI=1S/C19H28ClN3O4.CH2O2/c20-17-8-14(27-22-17)4-5-18(24)21-15-6-7-26-16(19(15)25)11-23-9-12-2-1-3-13(12)10-23;2-1-3/h8,12-13,15-16,19,25H,1-7,9-11H2,(H,21,24);1H,(H,2,3)/t12-,13+,15-,16+,19-;/m0./s1. The van der Waals surface area contributed by atoms with Crippen molar-refractivity contribution in [3.05, 3.63) is 17.0 Å². The van der Waals surface area contributed by atoms with Gasteiger partial charge in [0.25, 0.3) is 6.47 Å². The Morgan fingerprint density at radius 2 is 2.03 bits per heavy atom. The number of hydrogen-bond donors (Lipinski definition) is 3. The van der Waals surface area contributed by atoms with E-state index in [9.17, 15) is 9.90 Å². The number of ether oxygens (including phenoxy) is 1. The average Bonchev–Trinajstić information content (AvgIpc) is 3.40. The van der Waals surface area contributed by atoms with E-state index in [2.05, 4.69) is 15.4 Å². The summed E-state index contributed by atoms with van der Waals surface area (Å²) in [5, 5.41) is 24.5. The number of nitrogens with zero attached hydrogens (tertiary/aromatic N) is 2. The molecule has 1 saturated carbocycles. The number of rotatable bonds is 6. The number of nitrogens with one attached hydrogen (secondary N) is 1. The monoisotopic (exact) mass is 443 g/mol. The molecule has 1 aromatic rings. The van der Waals surface area contributed by atoms with Crippen LogP contribution in [0, 0.1) is 11.8 Å². The van der Waals surface area contributed by atoms with Crippen LogP contribution in [0.25, 0.3) is 0 Å². The molecule has 2 saturated heterocycles. The SMILES string of the molecule is O=C(CCc1cc(Cl)no1)N[C@H]1CCO[C@H](CN2C[C@H]3CCC[C@H]3C2)[C@H]1O.O=CO. The molecule has 30 heavy (non-hydrogen) atoms. The first-order valence-electron chi connectivity index (χ1n) is 10.5. The number of carbonyl (C=O) groups excluding carboxylic acids is 1. The Balaban J connectivity index is 0.000000806. The van der Waals surface area contributed by atoms with Crippen molar-refractivity contribution in [3.8, 4) is 0 Å². The van der Waals surface area contributed by atoms with Crippen LogP contribution in [0.2, 0.25) is 5.15 Å². The molecule has 2 aliphatic heterocycles. The Morgan fingerprint density at radius 3 is 2.67 bits per heavy atom. The van der Waals surface area contributed by atoms with Gasteiger partial charge < -0.3 is 29.7 Å². The second-order valence-electron chi connectivity index (χ2n) is 8.25. The molecule has 1 aliphatic carbocycles. The molecule has 3 aliphatic rings. The molecule has 0 spiro atoms. The van der Waals surface area contributed by atoms with Gasteiger partial charge in [-0.15, -0.1) is 0 Å². The number of aromatic nitrogens is 1. The molecule has 0 aromatic carbocycles. The molecule has 3 heterocycles. The van der Waals surface area contributed by atoms with Crippen molar-refractivity contribution in [1.82, 2.24) is 15.4 Å². The van der Waals surface area contributed by atoms with Crippen LogP contribution in [0.3, 0.4) is 0 Å². The first kappa shape index (κ1) is 23.0. The van der Waals surface area contributed by atoms with E-state index in [1.54, 1.807) is 6.07 Å². The molecule has 3 N–H and O–H groups in total. The van der Waals surface area contributed by atoms with E-state index in [0.29, 0.717) is 30.4 Å². The maximum atomic E-state index is 12.3. The number of amides is 1. The molecule has 3 fully saturated rings. The summed E-state index contributed by atoms with van der Waals surface area (Å²) in [6.45, 7) is 3.30. The third-order valence-corrected chi connectivity index (χ3v) is 6.45. The first-order valence-corrected chi connectivity index (χ1v) is 10.9. The third kappa shape index (κ3) is 6.16. The number of carboxylic acid groups (broad SMARTS) is 1. The summed E-state index contributed by atoms with van der Waals surface area (Å²) >= 11 is 5.71. The number of aryl methyl sites for hydroxylation is 1. The zero-order valence-corrected chi connectivity index (χ0v) is 17.7. The Labute approximate surface area is 180 Å². The van der Waals surface area contributed by atoms with Crippen LogP contribution >= 0.6 is 11.6 Å². The van der Waals surface area contributed by atoms with Gasteiger partial charge in [-0.1, -0.05) is 23.2 Å². The van der Waals surface area contributed by atoms with Gasteiger partial charge in [0.15, 0.2) is 5.15 Å². The minimum absolute atomic E-state index is 0.108. The molecule has 5 atom stereocenters. The largest absolute Gasteiger partial charge is 0.483 e. The smallest absolute Gasteiger partial charge is 0.290 e. The molecule has 0 unspecified atom stereocenters. The summed E-state index contributed by atoms with van der Waals surface area (Å²) < 4.78 is 10.8. The number of aliphatic hydroxyl groups excluding tert-OH is 1. The molecule has 4 rings (SSSR count). The normalized spacial score (nSPS) is 30.9. The van der Waals surface area contributed by atoms with E-state index in [0.717, 1.165) is 31.5 Å². The van der Waals surface area contributed by atoms with Crippen LogP contribution in [0.1, 0.15) is 37.9 Å². The molecule has 1 amide bonds. The van der Waals surface area contributed by atoms with Crippen LogP contribution in [0.4, 0.5) is 0 Å². The third-order valence-electron chi connectivity index (χ3n) is 6.27. The van der Waals surface area contributed by atoms with Crippen molar-refractivity contribution < 1.29 is 29.1 Å². The van der Waals surface area contributed by atoms with Crippen molar-refractivity contribution in [2.75, 3.05) is 26.2 Å². The number of halogens is 1. The van der Waals surface area contributed by atoms with Crippen molar-refractivity contribution in [2.45, 2.75) is 56.8 Å². The van der Waals surface area contributed by atoms with E-state index in [-0.39, 0.29) is 30.9 Å². The van der Waals surface area contributed by atoms with Crippen molar-refractivity contribution in [1.29, 1.82) is 0 Å². The van der Waals surface area contributed by atoms with Crippen molar-refractivity contribution >= 4 is 24.0 Å². The van der Waals surface area contributed by atoms with Gasteiger partial charge in [0.1, 0.15) is 11.9 Å². The number of fused-ring (bicyclic) bond motifs is 1. The van der Waals surface area contributed by atoms with E-state index < -0.39 is 6.10 Å². The quantitative estimate of drug-likeness (QED) is 0.562. The predicted octanol–water partition coefficient (Wildman–Crippen LogP) is 1.33. The number of carbonyl (C=O) groups is 2. The lowest BCUT2D eigenvalue weighted by Gasteiger charge is -2.37. The molecule has 10 heteroatoms. The van der Waals surface area contributed by atoms with Crippen molar-refractivity contribution in [2.24, 2.45) is 11.8 Å². The molecule has 0 radical (unpaired) electrons. The van der Waals surface area contributed by atoms with Gasteiger partial charge in [0.05, 0.1) is 12.1 Å². The van der Waals surface area contributed by atoms with Gasteiger partial charge >= 0.3 is 0 Å². The van der Waals surface area contributed by atoms with E-state index >= 15 is 0 Å². The highest BCUT2D eigenvalue weighted by atomic mass is 35.5. The molecule has 1 aromatic heterocycles. The van der Waals surface area contributed by atoms with Gasteiger partial charge in [0, 0.05) is 45.1 Å². The molecule has 168 valence electrons. The van der Waals surface area contributed by atoms with Crippen LogP contribution in [0.15, 0.2) is 10.6 Å². The second-order valence-corrected chi connectivity index (χ2v) is 8.64. The highest BCUT2D eigenvalue weighted by Crippen LogP contribution is 2.38. The summed E-state index contributed by atoms with van der Waals surface area (Å²) in [4.78, 5) is 23.0. The molecular weight excluding hydrogens is 414 g/mol. The number of likely N-dealkylation sites (tertiary alicyclic amines) is 1. The van der Waals surface area contributed by atoms with E-state index in [4.69, 9.17) is 30.8 Å². The second kappa shape index (κ2) is 11.1. The van der Waals surface area contributed by atoms with E-state index in [1.165, 1.54) is 19.3 Å². The fourth-order valence-corrected chi connectivity index (χ4v) is 5.01. The van der Waals surface area contributed by atoms with Gasteiger partial charge in [-0.05, 0) is 31.1 Å². The summed E-state index contributed by atoms with van der Waals surface area (Å²) in [6.07, 6.45) is 4.46. The summed E-state index contributed by atoms with van der Waals surface area (Å²) in [5.41, 5.74) is 0. The summed E-state index contributed by atoms with van der Waals surface area (Å²) in [7, 11) is 0. The van der Waals surface area contributed by atoms with Crippen LogP contribution in [-0.4, -0.2) is 77.1 Å². The lowest BCUT2D eigenvalue weighted by Crippen LogP contribution is -2.56. The molecule has 0 bridgehead atoms. The highest BCUT2D eigenvalue weighted by Gasteiger charge is 2.40. The highest BCUT2D eigenvalue weighted by molar-refractivity contribution is 6.29. The summed E-state index contributed by atoms with van der Waals surface area (Å²) in [6, 6.07) is 1.34. The fraction of sp³-hybridized carbons (Fsp3) is 0.750. The predicted molar refractivity (Wildman–Crippen MR) is 108 cm³/mol. The minimum Gasteiger partial charge on any atom is -0.483 e. The van der Waals surface area contributed by atoms with Gasteiger partial charge in [-0.25, -0.2) is 0 Å². The zero-order chi connectivity index (χ0) is 21.5. The first-order chi connectivity index (χ1) is 14.5. The zero-order valence-electron chi connectivity index (χ0n) is 16.9. The lowest BCUT2D eigenvalue weighted by atomic mass is 9.98. The Morgan fingerprint density at radius 1 is 1.33 bits per heavy atom. The average molecular weight is 444 g/mol. The van der Waals surface area contributed by atoms with Gasteiger partial charge in [-0.2, -0.15) is 0 Å². The Hall–Kier alpha value is -1.68. The minimum atomic E-state index is -0.678. The van der Waals surface area contributed by atoms with Crippen LogP contribution in [-0.2, 0) is 20.7 Å². The number of hydrogen-bond acceptors (Lipinski definition) is 7. The molecular formula is C20H30ClN3O6. The van der Waals surface area contributed by atoms with Crippen molar-refractivity contribution in [3.63, 3.8) is 0 Å². The lowest BCUT2D eigenvalue weighted by molar-refractivity contribution is -0.129. The van der Waals surface area contributed by atoms with Crippen LogP contribution in [0.5, 0.6) is 0 Å². The van der Waals surface area contributed by atoms with Gasteiger partial charge in [-0.3, -0.25) is 9.59 Å². The maximum Gasteiger partial charge on any atom is 0.290 e. The Bertz CT molecular complexity index is 690. The summed E-state index contributed by atoms with van der Waals surface area (Å²) in [5.74, 6) is 2.12. The molecule has 9 nitrogen and oxygen atoms in total. The van der Waals surface area contributed by atoms with Gasteiger partial charge in [0.2, 0.25) is 5.91 Å². The number of aliphatic hydroxyl groups is 1. The Kier molecular flexibility index (Phi) is 8.50. The fourth-order valence-electron chi connectivity index (χ4n) is 4.85. The maximum absolute atomic E-state index is 12.3. The topological polar surface area (TPSA) is 125 Å². The van der Waals surface area contributed by atoms with Crippen LogP contribution < -0.4 is 5.32 Å².